The summed E-state index contributed by atoms with van der Waals surface area (Å²) >= 11 is 0. The first-order valence-electron chi connectivity index (χ1n) is 11.3. The van der Waals surface area contributed by atoms with Gasteiger partial charge in [0.15, 0.2) is 14.6 Å². The second kappa shape index (κ2) is 13.0. The Hall–Kier alpha value is -2.90. The minimum absolute atomic E-state index is 0. The summed E-state index contributed by atoms with van der Waals surface area (Å²) < 4.78 is 69.4. The van der Waals surface area contributed by atoms with Crippen molar-refractivity contribution in [2.75, 3.05) is 6.54 Å². The summed E-state index contributed by atoms with van der Waals surface area (Å²) in [7, 11) is -4.28. The summed E-state index contributed by atoms with van der Waals surface area (Å²) in [4.78, 5) is 16.6. The van der Waals surface area contributed by atoms with Crippen molar-refractivity contribution in [3.8, 4) is 11.5 Å². The van der Waals surface area contributed by atoms with Gasteiger partial charge in [-0.2, -0.15) is 13.2 Å². The summed E-state index contributed by atoms with van der Waals surface area (Å²) in [5.74, 6) is -0.684. The molecule has 4 rings (SSSR count). The van der Waals surface area contributed by atoms with E-state index >= 15 is 0 Å². The highest BCUT2D eigenvalue weighted by Crippen LogP contribution is 2.38. The number of hydrogen-bond donors (Lipinski definition) is 3. The van der Waals surface area contributed by atoms with E-state index in [9.17, 15) is 31.6 Å². The first kappa shape index (κ1) is 32.3. The Balaban J connectivity index is 0.00000267. The van der Waals surface area contributed by atoms with E-state index in [0.29, 0.717) is 6.42 Å². The van der Waals surface area contributed by atoms with E-state index in [1.54, 1.807) is 24.5 Å². The lowest BCUT2D eigenvalue weighted by atomic mass is 9.88. The minimum Gasteiger partial charge on any atom is -0.457 e. The molecule has 212 valence electrons. The van der Waals surface area contributed by atoms with Gasteiger partial charge in [-0.15, -0.1) is 24.8 Å². The Morgan fingerprint density at radius 1 is 1.03 bits per heavy atom. The second-order valence-electron chi connectivity index (χ2n) is 8.70. The number of halogens is 5. The molecule has 0 radical (unpaired) electrons. The lowest BCUT2D eigenvalue weighted by Gasteiger charge is -2.39. The molecule has 0 spiro atoms. The fourth-order valence-corrected chi connectivity index (χ4v) is 6.46. The third-order valence-corrected chi connectivity index (χ3v) is 8.83. The molecule has 1 fully saturated rings. The lowest BCUT2D eigenvalue weighted by molar-refractivity contribution is -0.137. The highest BCUT2D eigenvalue weighted by molar-refractivity contribution is 7.93. The molecule has 3 N–H and O–H groups in total. The van der Waals surface area contributed by atoms with Crippen molar-refractivity contribution in [2.24, 2.45) is 0 Å². The number of carbonyl (C=O) groups is 1. The summed E-state index contributed by atoms with van der Waals surface area (Å²) in [5.41, 5.74) is 1.62. The van der Waals surface area contributed by atoms with Crippen LogP contribution in [0.5, 0.6) is 11.5 Å². The number of nitrogens with one attached hydrogen (secondary N) is 2. The highest BCUT2D eigenvalue weighted by Gasteiger charge is 2.53. The van der Waals surface area contributed by atoms with Crippen LogP contribution in [0.25, 0.3) is 0 Å². The van der Waals surface area contributed by atoms with Crippen molar-refractivity contribution >= 4 is 40.6 Å². The molecule has 14 heteroatoms. The molecule has 1 saturated heterocycles. The number of nitrogens with zero attached hydrogens (tertiary/aromatic N) is 1. The van der Waals surface area contributed by atoms with E-state index in [1.165, 1.54) is 29.7 Å². The van der Waals surface area contributed by atoms with Crippen LogP contribution in [0.3, 0.4) is 0 Å². The van der Waals surface area contributed by atoms with Crippen LogP contribution in [-0.2, 0) is 27.2 Å². The molecule has 0 saturated carbocycles. The van der Waals surface area contributed by atoms with Gasteiger partial charge in [0.25, 0.3) is 5.91 Å². The molecule has 39 heavy (non-hydrogen) atoms. The topological polar surface area (TPSA) is 118 Å². The van der Waals surface area contributed by atoms with Crippen molar-refractivity contribution in [3.63, 3.8) is 0 Å². The van der Waals surface area contributed by atoms with Gasteiger partial charge in [-0.25, -0.2) is 13.9 Å². The van der Waals surface area contributed by atoms with Crippen LogP contribution in [0.15, 0.2) is 78.0 Å². The Morgan fingerprint density at radius 3 is 2.13 bits per heavy atom. The van der Waals surface area contributed by atoms with E-state index in [2.05, 4.69) is 10.3 Å². The number of ether oxygens (including phenoxy) is 1. The number of hydroxylamine groups is 1. The maximum atomic E-state index is 13.8. The number of aromatic nitrogens is 1. The van der Waals surface area contributed by atoms with Gasteiger partial charge in [0.1, 0.15) is 11.5 Å². The zero-order chi connectivity index (χ0) is 26.7. The molecule has 0 bridgehead atoms. The van der Waals surface area contributed by atoms with Gasteiger partial charge >= 0.3 is 6.18 Å². The van der Waals surface area contributed by atoms with Gasteiger partial charge in [0.05, 0.1) is 10.5 Å². The molecule has 2 aromatic carbocycles. The Labute approximate surface area is 235 Å². The predicted octanol–water partition coefficient (Wildman–Crippen LogP) is 4.75. The number of carbonyl (C=O) groups excluding carboxylic acids is 1. The average Bonchev–Trinajstić information content (AvgIpc) is 2.89. The number of sulfone groups is 1. The maximum Gasteiger partial charge on any atom is 0.416 e. The molecule has 8 nitrogen and oxygen atoms in total. The fraction of sp³-hybridized carbons (Fsp3) is 0.280. The van der Waals surface area contributed by atoms with Crippen LogP contribution < -0.4 is 15.5 Å². The zero-order valence-electron chi connectivity index (χ0n) is 20.2. The van der Waals surface area contributed by atoms with Gasteiger partial charge in [-0.05, 0) is 92.0 Å². The molecular weight excluding hydrogens is 582 g/mol. The van der Waals surface area contributed by atoms with Crippen molar-refractivity contribution in [2.45, 2.75) is 41.1 Å². The van der Waals surface area contributed by atoms with Crippen molar-refractivity contribution in [1.82, 2.24) is 15.8 Å². The summed E-state index contributed by atoms with van der Waals surface area (Å²) in [6.45, 7) is 0.234. The molecular formula is C25H26Cl2F3N3O5S. The van der Waals surface area contributed by atoms with Crippen molar-refractivity contribution < 1.29 is 36.3 Å². The summed E-state index contributed by atoms with van der Waals surface area (Å²) in [5, 5.41) is 12.7. The zero-order valence-corrected chi connectivity index (χ0v) is 22.7. The number of hydrogen-bond acceptors (Lipinski definition) is 7. The first-order valence-corrected chi connectivity index (χ1v) is 12.8. The van der Waals surface area contributed by atoms with Gasteiger partial charge in [-0.1, -0.05) is 0 Å². The van der Waals surface area contributed by atoms with E-state index in [-0.39, 0.29) is 66.6 Å². The molecule has 2 unspecified atom stereocenters. The molecule has 1 aliphatic rings. The standard InChI is InChI=1S/C25H24F3N3O5S.2ClH/c26-25(27,28)18-1-3-20(4-2-18)36-21-5-7-22(8-6-21)37(34,35)24(23(32)31-33)11-14-30-19(16-24)15-17-9-12-29-13-10-17;;/h1-10,12-13,19,30,33H,11,14-16H2,(H,31,32);2*1H. The highest BCUT2D eigenvalue weighted by atomic mass is 35.5. The van der Waals surface area contributed by atoms with Crippen LogP contribution >= 0.6 is 24.8 Å². The van der Waals surface area contributed by atoms with Crippen LogP contribution in [0.2, 0.25) is 0 Å². The van der Waals surface area contributed by atoms with Gasteiger partial charge in [-0.3, -0.25) is 15.0 Å². The Morgan fingerprint density at radius 2 is 1.59 bits per heavy atom. The molecule has 2 atom stereocenters. The van der Waals surface area contributed by atoms with Gasteiger partial charge < -0.3 is 10.1 Å². The molecule has 1 amide bonds. The van der Waals surface area contributed by atoms with Crippen LogP contribution in [0.1, 0.15) is 24.0 Å². The van der Waals surface area contributed by atoms with Crippen LogP contribution in [0, 0.1) is 0 Å². The third-order valence-electron chi connectivity index (χ3n) is 6.35. The summed E-state index contributed by atoms with van der Waals surface area (Å²) in [6.07, 6.45) is -0.907. The Bertz CT molecular complexity index is 1350. The molecule has 1 aromatic heterocycles. The molecule has 1 aliphatic heterocycles. The number of amides is 1. The normalized spacial score (nSPS) is 19.2. The predicted molar refractivity (Wildman–Crippen MR) is 141 cm³/mol. The SMILES string of the molecule is Cl.Cl.O=C(NO)C1(S(=O)(=O)c2ccc(Oc3ccc(C(F)(F)F)cc3)cc2)CCNC(Cc2ccncc2)C1. The van der Waals surface area contributed by atoms with Crippen LogP contribution in [0.4, 0.5) is 13.2 Å². The largest absolute Gasteiger partial charge is 0.457 e. The molecule has 2 heterocycles. The number of piperidine rings is 1. The number of pyridine rings is 1. The maximum absolute atomic E-state index is 13.8. The third kappa shape index (κ3) is 7.00. The van der Waals surface area contributed by atoms with E-state index in [4.69, 9.17) is 4.74 Å². The average molecular weight is 608 g/mol. The lowest BCUT2D eigenvalue weighted by Crippen LogP contribution is -2.60. The van der Waals surface area contributed by atoms with E-state index in [0.717, 1.165) is 29.8 Å². The number of rotatable bonds is 7. The van der Waals surface area contributed by atoms with Gasteiger partial charge in [0.2, 0.25) is 0 Å². The van der Waals surface area contributed by atoms with Crippen LogP contribution in [-0.4, -0.2) is 41.8 Å². The minimum atomic E-state index is -4.47. The van der Waals surface area contributed by atoms with E-state index < -0.39 is 32.2 Å². The van der Waals surface area contributed by atoms with Crippen molar-refractivity contribution in [3.05, 3.63) is 84.2 Å². The number of alkyl halides is 3. The Kier molecular flexibility index (Phi) is 10.7. The monoisotopic (exact) mass is 607 g/mol. The smallest absolute Gasteiger partial charge is 0.416 e. The number of benzene rings is 2. The molecule has 0 aliphatic carbocycles. The summed E-state index contributed by atoms with van der Waals surface area (Å²) in [6, 6.07) is 12.6. The second-order valence-corrected chi connectivity index (χ2v) is 11.0. The first-order chi connectivity index (χ1) is 17.5. The van der Waals surface area contributed by atoms with Crippen molar-refractivity contribution in [1.29, 1.82) is 0 Å². The fourth-order valence-electron chi connectivity index (χ4n) is 4.43. The van der Waals surface area contributed by atoms with E-state index in [1.807, 2.05) is 0 Å². The quantitative estimate of drug-likeness (QED) is 0.262. The molecule has 3 aromatic rings. The van der Waals surface area contributed by atoms with Gasteiger partial charge in [0, 0.05) is 18.4 Å².